The number of rotatable bonds is 4. The third kappa shape index (κ3) is 4.37. The Kier molecular flexibility index (Phi) is 6.29. The molecule has 3 heterocycles. The summed E-state index contributed by atoms with van der Waals surface area (Å²) in [6.07, 6.45) is 23.6. The third-order valence-corrected chi connectivity index (χ3v) is 9.84. The lowest BCUT2D eigenvalue weighted by Crippen LogP contribution is -2.03. The second-order valence-electron chi connectivity index (χ2n) is 12.5. The van der Waals surface area contributed by atoms with E-state index in [1.807, 2.05) is 12.3 Å². The van der Waals surface area contributed by atoms with Crippen LogP contribution in [0.2, 0.25) is 0 Å². The van der Waals surface area contributed by atoms with E-state index in [0.717, 1.165) is 50.8 Å². The van der Waals surface area contributed by atoms with Crippen LogP contribution in [0, 0.1) is 0 Å². The van der Waals surface area contributed by atoms with Crippen molar-refractivity contribution in [3.63, 3.8) is 0 Å². The van der Waals surface area contributed by atoms with Crippen LogP contribution in [-0.2, 0) is 12.8 Å². The number of hydrogen-bond donors (Lipinski definition) is 0. The van der Waals surface area contributed by atoms with Crippen LogP contribution in [0.25, 0.3) is 56.6 Å². The highest BCUT2D eigenvalue weighted by molar-refractivity contribution is 6.00. The maximum absolute atomic E-state index is 4.75. The van der Waals surface area contributed by atoms with E-state index < -0.39 is 0 Å². The summed E-state index contributed by atoms with van der Waals surface area (Å²) in [6, 6.07) is 31.4. The zero-order valence-electron chi connectivity index (χ0n) is 25.4. The molecule has 3 aromatic carbocycles. The van der Waals surface area contributed by atoms with Crippen LogP contribution < -0.4 is 0 Å². The van der Waals surface area contributed by atoms with E-state index in [2.05, 4.69) is 124 Å². The average molecular weight is 582 g/mol. The van der Waals surface area contributed by atoms with E-state index in [1.165, 1.54) is 72.3 Å². The number of nitrogens with zero attached hydrogens (tertiary/aromatic N) is 3. The fourth-order valence-electron chi connectivity index (χ4n) is 7.74. The van der Waals surface area contributed by atoms with Crippen molar-refractivity contribution in [2.24, 2.45) is 0 Å². The van der Waals surface area contributed by atoms with Crippen molar-refractivity contribution in [2.75, 3.05) is 0 Å². The molecule has 0 N–H and O–H groups in total. The van der Waals surface area contributed by atoms with Gasteiger partial charge in [0.2, 0.25) is 0 Å². The van der Waals surface area contributed by atoms with Gasteiger partial charge in [-0.3, -0.25) is 4.57 Å². The minimum atomic E-state index is 0.993. The van der Waals surface area contributed by atoms with E-state index in [1.54, 1.807) is 0 Å². The van der Waals surface area contributed by atoms with E-state index >= 15 is 0 Å². The van der Waals surface area contributed by atoms with Gasteiger partial charge in [-0.1, -0.05) is 72.8 Å². The van der Waals surface area contributed by atoms with Crippen molar-refractivity contribution < 1.29 is 0 Å². The molecule has 0 amide bonds. The normalized spacial score (nSPS) is 15.9. The van der Waals surface area contributed by atoms with Gasteiger partial charge in [-0.15, -0.1) is 0 Å². The number of aromatic nitrogens is 3. The Morgan fingerprint density at radius 2 is 1.42 bits per heavy atom. The van der Waals surface area contributed by atoms with Gasteiger partial charge >= 0.3 is 0 Å². The molecule has 45 heavy (non-hydrogen) atoms. The van der Waals surface area contributed by atoms with Gasteiger partial charge in [0.25, 0.3) is 0 Å². The van der Waals surface area contributed by atoms with E-state index in [4.69, 9.17) is 4.98 Å². The lowest BCUT2D eigenvalue weighted by atomic mass is 9.96. The molecule has 0 unspecified atom stereocenters. The van der Waals surface area contributed by atoms with Crippen LogP contribution in [0.3, 0.4) is 0 Å². The first-order valence-electron chi connectivity index (χ1n) is 16.4. The number of para-hydroxylation sites is 1. The number of fused-ring (bicyclic) bond motifs is 6. The van der Waals surface area contributed by atoms with Gasteiger partial charge in [-0.05, 0) is 116 Å². The Hall–Kier alpha value is -5.15. The van der Waals surface area contributed by atoms with Crippen molar-refractivity contribution in [3.8, 4) is 11.5 Å². The zero-order valence-corrected chi connectivity index (χ0v) is 25.4. The summed E-state index contributed by atoms with van der Waals surface area (Å²) in [7, 11) is 0. The molecular weight excluding hydrogens is 546 g/mol. The first-order valence-corrected chi connectivity index (χ1v) is 16.4. The van der Waals surface area contributed by atoms with Crippen molar-refractivity contribution in [1.29, 1.82) is 0 Å². The molecule has 3 nitrogen and oxygen atoms in total. The first kappa shape index (κ1) is 26.3. The molecule has 218 valence electrons. The quantitative estimate of drug-likeness (QED) is 0.203. The van der Waals surface area contributed by atoms with Crippen molar-refractivity contribution in [1.82, 2.24) is 14.1 Å². The smallest absolute Gasteiger partial charge is 0.137 e. The van der Waals surface area contributed by atoms with Gasteiger partial charge in [0.1, 0.15) is 5.82 Å². The second-order valence-corrected chi connectivity index (χ2v) is 12.5. The summed E-state index contributed by atoms with van der Waals surface area (Å²) < 4.78 is 4.88. The molecule has 3 aliphatic rings. The molecule has 0 spiro atoms. The number of allylic oxidation sites excluding steroid dienone is 6. The molecular formula is C42H35N3. The molecule has 3 heteroatoms. The highest BCUT2D eigenvalue weighted by Gasteiger charge is 2.23. The molecule has 0 atom stereocenters. The lowest BCUT2D eigenvalue weighted by molar-refractivity contribution is 0.807. The summed E-state index contributed by atoms with van der Waals surface area (Å²) in [5, 5.41) is 2.65. The van der Waals surface area contributed by atoms with Gasteiger partial charge in [0, 0.05) is 45.2 Å². The predicted molar refractivity (Wildman–Crippen MR) is 189 cm³/mol. The van der Waals surface area contributed by atoms with Crippen LogP contribution in [0.1, 0.15) is 65.7 Å². The molecule has 0 radical (unpaired) electrons. The Bertz CT molecular complexity index is 2220. The SMILES string of the molecule is C1=CC(c2ccc(-n3c4c(c5cc(C6=Cc7c(n(-c8ccccn8)c8ccccc78)CCC6)ccc53)C=CCC4)cc2)=CCC1. The summed E-state index contributed by atoms with van der Waals surface area (Å²) >= 11 is 0. The Labute approximate surface area is 264 Å². The topological polar surface area (TPSA) is 22.8 Å². The first-order chi connectivity index (χ1) is 22.3. The number of benzene rings is 3. The third-order valence-electron chi connectivity index (χ3n) is 9.84. The van der Waals surface area contributed by atoms with Crippen molar-refractivity contribution >= 4 is 45.1 Å². The van der Waals surface area contributed by atoms with Crippen LogP contribution >= 0.6 is 0 Å². The van der Waals surface area contributed by atoms with Gasteiger partial charge in [-0.2, -0.15) is 0 Å². The lowest BCUT2D eigenvalue weighted by Gasteiger charge is -2.14. The summed E-state index contributed by atoms with van der Waals surface area (Å²) in [6.45, 7) is 0. The number of hydrogen-bond acceptors (Lipinski definition) is 1. The molecule has 0 fully saturated rings. The highest BCUT2D eigenvalue weighted by atomic mass is 15.1. The molecule has 6 aromatic rings. The van der Waals surface area contributed by atoms with Crippen molar-refractivity contribution in [3.05, 3.63) is 149 Å². The van der Waals surface area contributed by atoms with E-state index in [9.17, 15) is 0 Å². The van der Waals surface area contributed by atoms with Crippen LogP contribution in [0.15, 0.2) is 115 Å². The molecule has 3 aromatic heterocycles. The second kappa shape index (κ2) is 10.8. The van der Waals surface area contributed by atoms with E-state index in [-0.39, 0.29) is 0 Å². The van der Waals surface area contributed by atoms with Crippen LogP contribution in [0.5, 0.6) is 0 Å². The predicted octanol–water partition coefficient (Wildman–Crippen LogP) is 10.5. The summed E-state index contributed by atoms with van der Waals surface area (Å²) in [5.74, 6) is 0.993. The zero-order chi connectivity index (χ0) is 29.7. The Morgan fingerprint density at radius 3 is 2.29 bits per heavy atom. The minimum absolute atomic E-state index is 0.993. The Morgan fingerprint density at radius 1 is 0.600 bits per heavy atom. The number of pyridine rings is 1. The van der Waals surface area contributed by atoms with Gasteiger partial charge < -0.3 is 4.57 Å². The van der Waals surface area contributed by atoms with Crippen LogP contribution in [-0.4, -0.2) is 14.1 Å². The summed E-state index contributed by atoms with van der Waals surface area (Å²) in [5.41, 5.74) is 14.6. The summed E-state index contributed by atoms with van der Waals surface area (Å²) in [4.78, 5) is 4.75. The van der Waals surface area contributed by atoms with Gasteiger partial charge in [0.05, 0.1) is 11.0 Å². The molecule has 0 bridgehead atoms. The van der Waals surface area contributed by atoms with Gasteiger partial charge in [-0.25, -0.2) is 4.98 Å². The fourth-order valence-corrected chi connectivity index (χ4v) is 7.74. The molecule has 3 aliphatic carbocycles. The average Bonchev–Trinajstić information content (AvgIpc) is 3.50. The Balaban J connectivity index is 1.17. The maximum Gasteiger partial charge on any atom is 0.137 e. The molecule has 0 saturated carbocycles. The van der Waals surface area contributed by atoms with E-state index in [0.29, 0.717) is 0 Å². The van der Waals surface area contributed by atoms with Gasteiger partial charge in [0.15, 0.2) is 0 Å². The maximum atomic E-state index is 4.75. The fraction of sp³-hybridized carbons (Fsp3) is 0.167. The molecule has 9 rings (SSSR count). The molecule has 0 aliphatic heterocycles. The molecule has 0 saturated heterocycles. The minimum Gasteiger partial charge on any atom is -0.313 e. The van der Waals surface area contributed by atoms with Crippen molar-refractivity contribution in [2.45, 2.75) is 44.9 Å². The highest BCUT2D eigenvalue weighted by Crippen LogP contribution is 2.40. The monoisotopic (exact) mass is 581 g/mol. The largest absolute Gasteiger partial charge is 0.313 e. The standard InChI is InChI=1S/C42H35N3/c1-2-11-29(12-3-1)30-20-23-33(24-21-30)44-38-16-6-4-14-34(38)37-28-32(22-25-41(37)44)31-13-10-18-40-36(27-31)35-15-5-7-17-39(35)45(40)42-19-8-9-26-43-42/h2,4-5,7-9,11-12,14-15,17,19-28H,1,3,6,10,13,16,18H2. The van der Waals surface area contributed by atoms with Crippen LogP contribution in [0.4, 0.5) is 0 Å².